The highest BCUT2D eigenvalue weighted by Crippen LogP contribution is 2.33. The van der Waals surface area contributed by atoms with Crippen LogP contribution in [0.2, 0.25) is 5.02 Å². The second-order valence-corrected chi connectivity index (χ2v) is 9.00. The molecule has 6 nitrogen and oxygen atoms in total. The lowest BCUT2D eigenvalue weighted by atomic mass is 10.0. The minimum absolute atomic E-state index is 0.00469. The number of phenolic OH excluding ortho intramolecular Hbond substituents is 1. The number of benzene rings is 3. The van der Waals surface area contributed by atoms with Crippen molar-refractivity contribution in [2.45, 2.75) is 24.0 Å². The summed E-state index contributed by atoms with van der Waals surface area (Å²) in [6.07, 6.45) is -0.459. The summed E-state index contributed by atoms with van der Waals surface area (Å²) in [7, 11) is 0. The van der Waals surface area contributed by atoms with Crippen molar-refractivity contribution in [1.29, 1.82) is 0 Å². The number of nitrogens with one attached hydrogen (secondary N) is 2. The smallest absolute Gasteiger partial charge is 0.325 e. The van der Waals surface area contributed by atoms with Crippen molar-refractivity contribution in [3.63, 3.8) is 0 Å². The maximum Gasteiger partial charge on any atom is 0.325 e. The molecule has 3 aromatic carbocycles. The van der Waals surface area contributed by atoms with Crippen molar-refractivity contribution in [3.8, 4) is 17.0 Å². The Morgan fingerprint density at radius 3 is 2.69 bits per heavy atom. The lowest BCUT2D eigenvalue weighted by molar-refractivity contribution is -0.759. The van der Waals surface area contributed by atoms with Crippen LogP contribution >= 0.6 is 23.4 Å². The van der Waals surface area contributed by atoms with Gasteiger partial charge in [0.2, 0.25) is 5.16 Å². The predicted molar refractivity (Wildman–Crippen MR) is 126 cm³/mol. The number of thioether (sulfide) groups is 1. The molecule has 1 aliphatic rings. The van der Waals surface area contributed by atoms with Crippen LogP contribution in [0, 0.1) is 6.92 Å². The third kappa shape index (κ3) is 3.85. The van der Waals surface area contributed by atoms with Crippen LogP contribution in [0.25, 0.3) is 11.3 Å². The van der Waals surface area contributed by atoms with Crippen molar-refractivity contribution in [1.82, 2.24) is 10.1 Å². The van der Waals surface area contributed by atoms with Crippen molar-refractivity contribution >= 4 is 29.1 Å². The molecule has 0 spiro atoms. The van der Waals surface area contributed by atoms with E-state index in [9.17, 15) is 9.90 Å². The zero-order chi connectivity index (χ0) is 22.2. The minimum Gasteiger partial charge on any atom is -0.506 e. The molecule has 0 amide bonds. The van der Waals surface area contributed by atoms with Crippen molar-refractivity contribution in [2.75, 3.05) is 5.32 Å². The van der Waals surface area contributed by atoms with E-state index in [4.69, 9.17) is 16.7 Å². The quantitative estimate of drug-likeness (QED) is 0.303. The predicted octanol–water partition coefficient (Wildman–Crippen LogP) is 4.66. The number of hydrogen-bond acceptors (Lipinski definition) is 5. The zero-order valence-electron chi connectivity index (χ0n) is 17.2. The molecule has 1 aliphatic heterocycles. The molecule has 0 radical (unpaired) electrons. The molecule has 0 aliphatic carbocycles. The fourth-order valence-corrected chi connectivity index (χ4v) is 4.70. The van der Waals surface area contributed by atoms with E-state index in [1.165, 1.54) is 17.3 Å². The second-order valence-electron chi connectivity index (χ2n) is 7.63. The average molecular weight is 464 g/mol. The van der Waals surface area contributed by atoms with E-state index in [-0.39, 0.29) is 16.3 Å². The molecule has 5 rings (SSSR count). The number of hydrogen-bond donors (Lipinski definition) is 3. The van der Waals surface area contributed by atoms with E-state index >= 15 is 0 Å². The Labute approximate surface area is 193 Å². The molecule has 0 bridgehead atoms. The lowest BCUT2D eigenvalue weighted by Gasteiger charge is -2.22. The fourth-order valence-electron chi connectivity index (χ4n) is 3.71. The number of para-hydroxylation sites is 1. The van der Waals surface area contributed by atoms with Gasteiger partial charge in [0.25, 0.3) is 6.17 Å². The van der Waals surface area contributed by atoms with Gasteiger partial charge in [-0.2, -0.15) is 0 Å². The Hall–Kier alpha value is -3.29. The maximum atomic E-state index is 13.2. The number of aromatic amines is 1. The molecule has 0 saturated heterocycles. The largest absolute Gasteiger partial charge is 0.506 e. The van der Waals surface area contributed by atoms with Crippen molar-refractivity contribution < 1.29 is 9.79 Å². The molecular formula is C24H20ClN4O2S+. The van der Waals surface area contributed by atoms with Crippen LogP contribution < -0.4 is 15.6 Å². The van der Waals surface area contributed by atoms with Crippen LogP contribution in [-0.2, 0) is 5.75 Å². The maximum absolute atomic E-state index is 13.2. The van der Waals surface area contributed by atoms with Gasteiger partial charge in [0, 0.05) is 16.4 Å². The molecule has 3 N–H and O–H groups in total. The number of aromatic nitrogens is 3. The third-order valence-electron chi connectivity index (χ3n) is 5.37. The Balaban J connectivity index is 1.58. The summed E-state index contributed by atoms with van der Waals surface area (Å²) in [6, 6.07) is 20.9. The number of halogens is 1. The monoisotopic (exact) mass is 463 g/mol. The van der Waals surface area contributed by atoms with Gasteiger partial charge in [0.15, 0.2) is 0 Å². The summed E-state index contributed by atoms with van der Waals surface area (Å²) in [6.45, 7) is 2.05. The minimum atomic E-state index is -0.459. The molecule has 8 heteroatoms. The van der Waals surface area contributed by atoms with Crippen molar-refractivity contribution in [2.24, 2.45) is 0 Å². The Bertz CT molecular complexity index is 1370. The number of phenols is 1. The van der Waals surface area contributed by atoms with Crippen molar-refractivity contribution in [3.05, 3.63) is 98.8 Å². The van der Waals surface area contributed by atoms with Crippen LogP contribution in [0.4, 0.5) is 5.69 Å². The van der Waals surface area contributed by atoms with Gasteiger partial charge in [-0.1, -0.05) is 65.3 Å². The Morgan fingerprint density at radius 2 is 1.91 bits per heavy atom. The van der Waals surface area contributed by atoms with Crippen LogP contribution in [0.1, 0.15) is 22.9 Å². The molecule has 0 fully saturated rings. The van der Waals surface area contributed by atoms with E-state index in [0.29, 0.717) is 16.6 Å². The molecule has 2 heterocycles. The van der Waals surface area contributed by atoms with Gasteiger partial charge in [-0.3, -0.25) is 9.78 Å². The first kappa shape index (κ1) is 20.6. The number of rotatable bonds is 4. The summed E-state index contributed by atoms with van der Waals surface area (Å²) < 4.78 is 1.70. The van der Waals surface area contributed by atoms with E-state index in [0.717, 1.165) is 22.4 Å². The Kier molecular flexibility index (Phi) is 5.36. The molecule has 4 aromatic rings. The number of H-pyrrole nitrogens is 1. The van der Waals surface area contributed by atoms with Gasteiger partial charge >= 0.3 is 11.3 Å². The SMILES string of the molecule is Cc1ccc(CSc2n[n+]3c(c(=O)[nH]2)-c2ccccc2N[C@@H]3c2ccc(O)c(Cl)c2)cc1. The molecule has 32 heavy (non-hydrogen) atoms. The van der Waals surface area contributed by atoms with Gasteiger partial charge in [-0.05, 0) is 47.5 Å². The number of aryl methyl sites for hydroxylation is 1. The molecular weight excluding hydrogens is 444 g/mol. The summed E-state index contributed by atoms with van der Waals surface area (Å²) >= 11 is 7.64. The zero-order valence-corrected chi connectivity index (χ0v) is 18.7. The molecule has 1 atom stereocenters. The van der Waals surface area contributed by atoms with E-state index < -0.39 is 6.17 Å². The summed E-state index contributed by atoms with van der Waals surface area (Å²) in [5, 5.41) is 18.8. The first-order valence-electron chi connectivity index (χ1n) is 10.1. The first-order valence-corrected chi connectivity index (χ1v) is 11.4. The summed E-state index contributed by atoms with van der Waals surface area (Å²) in [5.74, 6) is 0.688. The third-order valence-corrected chi connectivity index (χ3v) is 6.60. The molecule has 1 aromatic heterocycles. The Morgan fingerprint density at radius 1 is 1.12 bits per heavy atom. The van der Waals surface area contributed by atoms with Gasteiger partial charge in [-0.15, -0.1) is 0 Å². The highest BCUT2D eigenvalue weighted by atomic mass is 35.5. The fraction of sp³-hybridized carbons (Fsp3) is 0.125. The lowest BCUT2D eigenvalue weighted by Crippen LogP contribution is -2.55. The van der Waals surface area contributed by atoms with Gasteiger partial charge in [0.1, 0.15) is 5.75 Å². The van der Waals surface area contributed by atoms with Gasteiger partial charge in [0.05, 0.1) is 16.3 Å². The summed E-state index contributed by atoms with van der Waals surface area (Å²) in [5.41, 5.74) is 4.99. The first-order chi connectivity index (χ1) is 15.5. The highest BCUT2D eigenvalue weighted by molar-refractivity contribution is 7.98. The standard InChI is InChI=1S/C24H19ClN4O2S/c1-14-6-8-15(9-7-14)13-32-24-27-23(31)21-17-4-2-3-5-19(17)26-22(29(21)28-24)16-10-11-20(30)18(25)12-16/h2-12,22H,13H2,1H3,(H2,27,28,30,31)/p+1/t22-/m0/s1. The average Bonchev–Trinajstić information content (AvgIpc) is 2.80. The van der Waals surface area contributed by atoms with Crippen LogP contribution in [0.15, 0.2) is 76.7 Å². The van der Waals surface area contributed by atoms with E-state index in [2.05, 4.69) is 41.5 Å². The molecule has 0 saturated carbocycles. The highest BCUT2D eigenvalue weighted by Gasteiger charge is 2.37. The molecule has 0 unspecified atom stereocenters. The van der Waals surface area contributed by atoms with Gasteiger partial charge in [-0.25, -0.2) is 0 Å². The number of fused-ring (bicyclic) bond motifs is 3. The normalized spacial score (nSPS) is 14.4. The van der Waals surface area contributed by atoms with Crippen LogP contribution in [0.5, 0.6) is 5.75 Å². The number of nitrogens with zero attached hydrogens (tertiary/aromatic N) is 2. The topological polar surface area (TPSA) is 81.9 Å². The summed E-state index contributed by atoms with van der Waals surface area (Å²) in [4.78, 5) is 16.1. The second kappa shape index (κ2) is 8.33. The van der Waals surface area contributed by atoms with E-state index in [1.807, 2.05) is 24.3 Å². The number of anilines is 1. The number of aromatic hydroxyl groups is 1. The van der Waals surface area contributed by atoms with Crippen LogP contribution in [0.3, 0.4) is 0 Å². The van der Waals surface area contributed by atoms with Crippen LogP contribution in [-0.4, -0.2) is 15.2 Å². The molecule has 160 valence electrons. The van der Waals surface area contributed by atoms with E-state index in [1.54, 1.807) is 22.9 Å². The van der Waals surface area contributed by atoms with Gasteiger partial charge < -0.3 is 10.4 Å².